The summed E-state index contributed by atoms with van der Waals surface area (Å²) in [5, 5.41) is 0. The first-order valence-electron chi connectivity index (χ1n) is 7.51. The van der Waals surface area contributed by atoms with Crippen LogP contribution in [0.3, 0.4) is 0 Å². The lowest BCUT2D eigenvalue weighted by Crippen LogP contribution is -2.34. The molecule has 1 aliphatic heterocycles. The van der Waals surface area contributed by atoms with E-state index in [2.05, 4.69) is 11.9 Å². The van der Waals surface area contributed by atoms with E-state index in [-0.39, 0.29) is 5.91 Å². The first-order valence-corrected chi connectivity index (χ1v) is 7.51. The minimum Gasteiger partial charge on any atom is -0.320 e. The van der Waals surface area contributed by atoms with Crippen LogP contribution in [0.15, 0.2) is 30.6 Å². The maximum Gasteiger partial charge on any atom is 0.244 e. The van der Waals surface area contributed by atoms with E-state index >= 15 is 0 Å². The van der Waals surface area contributed by atoms with Crippen molar-refractivity contribution < 1.29 is 9.18 Å². The molecule has 0 saturated carbocycles. The molecule has 2 aromatic rings. The highest BCUT2D eigenvalue weighted by atomic mass is 19.1. The van der Waals surface area contributed by atoms with E-state index in [0.29, 0.717) is 24.3 Å². The van der Waals surface area contributed by atoms with E-state index in [1.165, 1.54) is 11.0 Å². The molecule has 0 bridgehead atoms. The van der Waals surface area contributed by atoms with E-state index in [0.717, 1.165) is 18.7 Å². The summed E-state index contributed by atoms with van der Waals surface area (Å²) in [7, 11) is 0. The maximum absolute atomic E-state index is 14.4. The fourth-order valence-electron chi connectivity index (χ4n) is 2.78. The number of aromatic nitrogens is 2. The van der Waals surface area contributed by atoms with Crippen LogP contribution in [0.2, 0.25) is 0 Å². The molecule has 1 aromatic carbocycles. The second-order valence-electron chi connectivity index (χ2n) is 5.48. The predicted molar refractivity (Wildman–Crippen MR) is 82.5 cm³/mol. The summed E-state index contributed by atoms with van der Waals surface area (Å²) in [5.74, 6) is 0.256. The lowest BCUT2D eigenvalue weighted by molar-refractivity contribution is -0.118. The van der Waals surface area contributed by atoms with Gasteiger partial charge < -0.3 is 15.2 Å². The summed E-state index contributed by atoms with van der Waals surface area (Å²) >= 11 is 0. The lowest BCUT2D eigenvalue weighted by atomic mass is 10.2. The zero-order valence-electron chi connectivity index (χ0n) is 12.5. The Morgan fingerprint density at radius 2 is 2.27 bits per heavy atom. The Balaban J connectivity index is 1.92. The van der Waals surface area contributed by atoms with Crippen LogP contribution in [-0.4, -0.2) is 28.0 Å². The second-order valence-corrected chi connectivity index (χ2v) is 5.48. The van der Waals surface area contributed by atoms with Crippen molar-refractivity contribution in [3.63, 3.8) is 0 Å². The monoisotopic (exact) mass is 302 g/mol. The van der Waals surface area contributed by atoms with Crippen LogP contribution in [0, 0.1) is 5.82 Å². The van der Waals surface area contributed by atoms with Gasteiger partial charge in [-0.1, -0.05) is 6.92 Å². The van der Waals surface area contributed by atoms with Crippen molar-refractivity contribution in [2.75, 3.05) is 11.4 Å². The third-order valence-corrected chi connectivity index (χ3v) is 3.94. The van der Waals surface area contributed by atoms with Gasteiger partial charge in [0, 0.05) is 37.1 Å². The number of hydrogen-bond acceptors (Lipinski definition) is 3. The molecule has 0 spiro atoms. The van der Waals surface area contributed by atoms with Crippen molar-refractivity contribution in [3.8, 4) is 5.69 Å². The van der Waals surface area contributed by atoms with Gasteiger partial charge in [0.15, 0.2) is 0 Å². The zero-order valence-corrected chi connectivity index (χ0v) is 12.5. The summed E-state index contributed by atoms with van der Waals surface area (Å²) < 4.78 is 16.3. The molecule has 1 aromatic heterocycles. The van der Waals surface area contributed by atoms with Gasteiger partial charge in [0.05, 0.1) is 11.7 Å². The van der Waals surface area contributed by atoms with Crippen molar-refractivity contribution in [3.05, 3.63) is 42.2 Å². The molecule has 1 saturated heterocycles. The number of halogens is 1. The lowest BCUT2D eigenvalue weighted by Gasteiger charge is -2.18. The molecule has 2 N–H and O–H groups in total. The number of benzene rings is 1. The third-order valence-electron chi connectivity index (χ3n) is 3.94. The van der Waals surface area contributed by atoms with Gasteiger partial charge in [0.25, 0.3) is 0 Å². The molecule has 1 amide bonds. The largest absolute Gasteiger partial charge is 0.320 e. The summed E-state index contributed by atoms with van der Waals surface area (Å²) in [6, 6.07) is 4.35. The van der Waals surface area contributed by atoms with Crippen LogP contribution >= 0.6 is 0 Å². The predicted octanol–water partition coefficient (Wildman–Crippen LogP) is 2.03. The van der Waals surface area contributed by atoms with Crippen molar-refractivity contribution in [1.29, 1.82) is 0 Å². The van der Waals surface area contributed by atoms with Gasteiger partial charge in [-0.25, -0.2) is 9.37 Å². The fourth-order valence-corrected chi connectivity index (χ4v) is 2.78. The number of carbonyl (C=O) groups excluding carboxylic acids is 1. The molecule has 5 nitrogen and oxygen atoms in total. The number of anilines is 1. The Labute approximate surface area is 128 Å². The highest BCUT2D eigenvalue weighted by Crippen LogP contribution is 2.26. The Morgan fingerprint density at radius 1 is 1.45 bits per heavy atom. The number of nitrogens with two attached hydrogens (primary N) is 1. The van der Waals surface area contributed by atoms with Crippen LogP contribution in [0.1, 0.15) is 25.6 Å². The molecule has 1 atom stereocenters. The highest BCUT2D eigenvalue weighted by molar-refractivity contribution is 5.99. The smallest absolute Gasteiger partial charge is 0.244 e. The molecule has 116 valence electrons. The Morgan fingerprint density at radius 3 is 2.91 bits per heavy atom. The third kappa shape index (κ3) is 2.50. The van der Waals surface area contributed by atoms with Crippen LogP contribution in [0.5, 0.6) is 0 Å². The molecule has 0 radical (unpaired) electrons. The highest BCUT2D eigenvalue weighted by Gasteiger charge is 2.31. The SMILES string of the molecule is CCCc1nccn1-c1ccc(N2CCC(N)C2=O)c(F)c1. The quantitative estimate of drug-likeness (QED) is 0.940. The van der Waals surface area contributed by atoms with Gasteiger partial charge in [0.2, 0.25) is 5.91 Å². The first-order chi connectivity index (χ1) is 10.6. The normalized spacial score (nSPS) is 18.2. The molecule has 1 unspecified atom stereocenters. The number of imidazole rings is 1. The Bertz CT molecular complexity index is 697. The molecule has 1 aliphatic rings. The van der Waals surface area contributed by atoms with E-state index in [4.69, 9.17) is 5.73 Å². The minimum atomic E-state index is -0.524. The number of hydrogen-bond donors (Lipinski definition) is 1. The standard InChI is InChI=1S/C16H19FN4O/c1-2-3-15-19-7-9-20(15)11-4-5-14(12(17)10-11)21-8-6-13(18)16(21)22/h4-5,7,9-10,13H,2-3,6,8,18H2,1H3. The van der Waals surface area contributed by atoms with Gasteiger partial charge in [-0.05, 0) is 25.0 Å². The summed E-state index contributed by atoms with van der Waals surface area (Å²) in [6.45, 7) is 2.54. The topological polar surface area (TPSA) is 64.2 Å². The van der Waals surface area contributed by atoms with Crippen LogP contribution < -0.4 is 10.6 Å². The number of amides is 1. The average molecular weight is 302 g/mol. The van der Waals surface area contributed by atoms with E-state index in [1.807, 2.05) is 10.8 Å². The zero-order chi connectivity index (χ0) is 15.7. The molecule has 6 heteroatoms. The first kappa shape index (κ1) is 14.7. The van der Waals surface area contributed by atoms with Crippen LogP contribution in [0.25, 0.3) is 5.69 Å². The number of rotatable bonds is 4. The molecule has 1 fully saturated rings. The summed E-state index contributed by atoms with van der Waals surface area (Å²) in [6.07, 6.45) is 5.88. The number of nitrogens with zero attached hydrogens (tertiary/aromatic N) is 3. The minimum absolute atomic E-state index is 0.221. The molecule has 22 heavy (non-hydrogen) atoms. The van der Waals surface area contributed by atoms with Gasteiger partial charge in [-0.3, -0.25) is 4.79 Å². The van der Waals surface area contributed by atoms with Crippen molar-refractivity contribution >= 4 is 11.6 Å². The molecule has 3 rings (SSSR count). The summed E-state index contributed by atoms with van der Waals surface area (Å²) in [4.78, 5) is 17.6. The Hall–Kier alpha value is -2.21. The van der Waals surface area contributed by atoms with Gasteiger partial charge in [0.1, 0.15) is 11.6 Å². The molecular formula is C16H19FN4O. The fraction of sp³-hybridized carbons (Fsp3) is 0.375. The van der Waals surface area contributed by atoms with Crippen molar-refractivity contribution in [2.24, 2.45) is 5.73 Å². The molecule has 2 heterocycles. The second kappa shape index (κ2) is 5.88. The number of carbonyl (C=O) groups is 1. The van der Waals surface area contributed by atoms with Gasteiger partial charge in [-0.15, -0.1) is 0 Å². The van der Waals surface area contributed by atoms with Crippen molar-refractivity contribution in [2.45, 2.75) is 32.2 Å². The molecule has 0 aliphatic carbocycles. The number of aryl methyl sites for hydroxylation is 1. The Kier molecular flexibility index (Phi) is 3.94. The van der Waals surface area contributed by atoms with E-state index < -0.39 is 11.9 Å². The maximum atomic E-state index is 14.4. The van der Waals surface area contributed by atoms with E-state index in [9.17, 15) is 9.18 Å². The average Bonchev–Trinajstić information content (AvgIpc) is 3.08. The van der Waals surface area contributed by atoms with Crippen LogP contribution in [-0.2, 0) is 11.2 Å². The van der Waals surface area contributed by atoms with Gasteiger partial charge in [-0.2, -0.15) is 0 Å². The van der Waals surface area contributed by atoms with E-state index in [1.54, 1.807) is 18.3 Å². The van der Waals surface area contributed by atoms with Crippen LogP contribution in [0.4, 0.5) is 10.1 Å². The van der Waals surface area contributed by atoms with Gasteiger partial charge >= 0.3 is 0 Å². The van der Waals surface area contributed by atoms with Crippen molar-refractivity contribution in [1.82, 2.24) is 9.55 Å². The molecular weight excluding hydrogens is 283 g/mol. The summed E-state index contributed by atoms with van der Waals surface area (Å²) in [5.41, 5.74) is 6.69.